The number of rotatable bonds is 1. The Labute approximate surface area is 148 Å². The van der Waals surface area contributed by atoms with Crippen LogP contribution in [0.3, 0.4) is 0 Å². The Morgan fingerprint density at radius 3 is 2.54 bits per heavy atom. The van der Waals surface area contributed by atoms with E-state index in [1.807, 2.05) is 30.3 Å². The molecule has 0 N–H and O–H groups in total. The van der Waals surface area contributed by atoms with E-state index in [9.17, 15) is 0 Å². The van der Waals surface area contributed by atoms with Crippen molar-refractivity contribution in [3.63, 3.8) is 0 Å². The number of halogens is 1. The molecule has 24 heavy (non-hydrogen) atoms. The van der Waals surface area contributed by atoms with Crippen molar-refractivity contribution < 1.29 is 9.22 Å². The van der Waals surface area contributed by atoms with Gasteiger partial charge in [0, 0.05) is 21.8 Å². The summed E-state index contributed by atoms with van der Waals surface area (Å²) in [5.74, 6) is 1.76. The van der Waals surface area contributed by atoms with Gasteiger partial charge in [-0.25, -0.2) is 0 Å². The second kappa shape index (κ2) is 5.83. The highest BCUT2D eigenvalue weighted by Gasteiger charge is 2.28. The van der Waals surface area contributed by atoms with E-state index in [2.05, 4.69) is 37.2 Å². The van der Waals surface area contributed by atoms with Crippen molar-refractivity contribution in [3.8, 4) is 11.5 Å². The van der Waals surface area contributed by atoms with E-state index >= 15 is 0 Å². The monoisotopic (exact) mass is 341 g/mol. The van der Waals surface area contributed by atoms with Gasteiger partial charge in [0.1, 0.15) is 11.5 Å². The summed E-state index contributed by atoms with van der Waals surface area (Å²) in [7, 11) is 4.59. The van der Waals surface area contributed by atoms with Crippen LogP contribution in [0.15, 0.2) is 42.5 Å². The number of likely N-dealkylation sites (N-methyl/N-ethyl adjacent to an activating group) is 1. The maximum atomic E-state index is 6.29. The standard InChI is InChI=1S/C20H22ClN2O/c1-23(2)11-9-22(10-12-23)18-13-15-5-3-4-6-19(15)24-20-8-7-16(21)14-17(18)20/h3-8,13-14H,9-12H2,1-2H3/q+1. The number of quaternary nitrogens is 1. The van der Waals surface area contributed by atoms with E-state index < -0.39 is 0 Å². The van der Waals surface area contributed by atoms with Crippen LogP contribution in [0.1, 0.15) is 11.1 Å². The van der Waals surface area contributed by atoms with Gasteiger partial charge in [0.25, 0.3) is 0 Å². The number of fused-ring (bicyclic) bond motifs is 2. The molecule has 0 aliphatic carbocycles. The zero-order chi connectivity index (χ0) is 16.7. The van der Waals surface area contributed by atoms with E-state index in [-0.39, 0.29) is 0 Å². The number of benzene rings is 2. The van der Waals surface area contributed by atoms with Gasteiger partial charge in [-0.1, -0.05) is 29.8 Å². The first-order valence-corrected chi connectivity index (χ1v) is 8.75. The fourth-order valence-electron chi connectivity index (χ4n) is 3.34. The molecular weight excluding hydrogens is 320 g/mol. The molecule has 0 saturated carbocycles. The fourth-order valence-corrected chi connectivity index (χ4v) is 3.51. The van der Waals surface area contributed by atoms with Gasteiger partial charge in [-0.3, -0.25) is 0 Å². The Morgan fingerprint density at radius 1 is 1.00 bits per heavy atom. The van der Waals surface area contributed by atoms with Gasteiger partial charge in [-0.15, -0.1) is 0 Å². The van der Waals surface area contributed by atoms with Crippen LogP contribution in [0.4, 0.5) is 0 Å². The quantitative estimate of drug-likeness (QED) is 0.716. The van der Waals surface area contributed by atoms with Gasteiger partial charge in [0.15, 0.2) is 0 Å². The van der Waals surface area contributed by atoms with Gasteiger partial charge in [-0.05, 0) is 30.3 Å². The first-order valence-electron chi connectivity index (χ1n) is 8.37. The number of para-hydroxylation sites is 1. The lowest BCUT2D eigenvalue weighted by Gasteiger charge is -2.41. The third-order valence-corrected chi connectivity index (χ3v) is 5.17. The van der Waals surface area contributed by atoms with Crippen LogP contribution >= 0.6 is 11.6 Å². The molecule has 2 aromatic rings. The lowest BCUT2D eigenvalue weighted by atomic mass is 10.1. The minimum atomic E-state index is 0.738. The molecule has 4 heteroatoms. The normalized spacial score (nSPS) is 18.8. The molecule has 1 saturated heterocycles. The number of ether oxygens (including phenoxy) is 1. The van der Waals surface area contributed by atoms with Crippen molar-refractivity contribution in [2.45, 2.75) is 0 Å². The van der Waals surface area contributed by atoms with Crippen LogP contribution < -0.4 is 4.74 Å². The fraction of sp³-hybridized carbons (Fsp3) is 0.300. The molecule has 3 nitrogen and oxygen atoms in total. The van der Waals surface area contributed by atoms with Crippen LogP contribution in [0.5, 0.6) is 11.5 Å². The smallest absolute Gasteiger partial charge is 0.136 e. The van der Waals surface area contributed by atoms with Gasteiger partial charge < -0.3 is 14.1 Å². The van der Waals surface area contributed by atoms with E-state index in [4.69, 9.17) is 16.3 Å². The molecule has 0 amide bonds. The maximum Gasteiger partial charge on any atom is 0.136 e. The van der Waals surface area contributed by atoms with Crippen LogP contribution in [0.2, 0.25) is 5.02 Å². The molecule has 2 aliphatic heterocycles. The van der Waals surface area contributed by atoms with E-state index in [0.717, 1.165) is 58.3 Å². The molecule has 0 bridgehead atoms. The average Bonchev–Trinajstić information content (AvgIpc) is 2.71. The van der Waals surface area contributed by atoms with Crippen LogP contribution in [-0.4, -0.2) is 49.7 Å². The van der Waals surface area contributed by atoms with Crippen molar-refractivity contribution in [2.75, 3.05) is 40.3 Å². The van der Waals surface area contributed by atoms with E-state index in [1.54, 1.807) is 0 Å². The molecular formula is C20H22ClN2O+. The van der Waals surface area contributed by atoms with E-state index in [1.165, 1.54) is 5.70 Å². The summed E-state index contributed by atoms with van der Waals surface area (Å²) in [6.07, 6.45) is 2.24. The summed E-state index contributed by atoms with van der Waals surface area (Å²) in [5.41, 5.74) is 3.39. The minimum absolute atomic E-state index is 0.738. The van der Waals surface area contributed by atoms with Gasteiger partial charge >= 0.3 is 0 Å². The molecule has 0 spiro atoms. The Hall–Kier alpha value is -1.97. The molecule has 2 aliphatic rings. The topological polar surface area (TPSA) is 12.5 Å². The second-order valence-corrected chi connectivity index (χ2v) is 7.62. The average molecular weight is 342 g/mol. The number of nitrogens with zero attached hydrogens (tertiary/aromatic N) is 2. The Kier molecular flexibility index (Phi) is 3.78. The third-order valence-electron chi connectivity index (χ3n) is 4.94. The summed E-state index contributed by atoms with van der Waals surface area (Å²) >= 11 is 6.29. The second-order valence-electron chi connectivity index (χ2n) is 7.18. The number of hydrogen-bond acceptors (Lipinski definition) is 2. The molecule has 124 valence electrons. The van der Waals surface area contributed by atoms with Gasteiger partial charge in [0.2, 0.25) is 0 Å². The molecule has 1 fully saturated rings. The van der Waals surface area contributed by atoms with Crippen molar-refractivity contribution in [1.29, 1.82) is 0 Å². The van der Waals surface area contributed by atoms with Gasteiger partial charge in [0.05, 0.1) is 40.3 Å². The minimum Gasteiger partial charge on any atom is -0.456 e. The summed E-state index contributed by atoms with van der Waals surface area (Å²) < 4.78 is 7.25. The van der Waals surface area contributed by atoms with Crippen molar-refractivity contribution in [2.24, 2.45) is 0 Å². The van der Waals surface area contributed by atoms with Crippen molar-refractivity contribution in [1.82, 2.24) is 4.90 Å². The molecule has 0 radical (unpaired) electrons. The lowest BCUT2D eigenvalue weighted by Crippen LogP contribution is -2.54. The Morgan fingerprint density at radius 2 is 1.75 bits per heavy atom. The third kappa shape index (κ3) is 2.90. The highest BCUT2D eigenvalue weighted by molar-refractivity contribution is 6.30. The number of hydrogen-bond donors (Lipinski definition) is 0. The largest absolute Gasteiger partial charge is 0.456 e. The van der Waals surface area contributed by atoms with Crippen LogP contribution in [0.25, 0.3) is 11.8 Å². The molecule has 2 heterocycles. The van der Waals surface area contributed by atoms with E-state index in [0.29, 0.717) is 0 Å². The van der Waals surface area contributed by atoms with Crippen molar-refractivity contribution >= 4 is 23.4 Å². The highest BCUT2D eigenvalue weighted by atomic mass is 35.5. The Balaban J connectivity index is 1.81. The molecule has 0 aromatic heterocycles. The summed E-state index contributed by atoms with van der Waals surface area (Å²) in [4.78, 5) is 2.46. The lowest BCUT2D eigenvalue weighted by molar-refractivity contribution is -0.894. The predicted molar refractivity (Wildman–Crippen MR) is 99.3 cm³/mol. The Bertz CT molecular complexity index is 803. The summed E-state index contributed by atoms with van der Waals surface area (Å²) in [6.45, 7) is 4.34. The molecule has 0 atom stereocenters. The highest BCUT2D eigenvalue weighted by Crippen LogP contribution is 2.40. The predicted octanol–water partition coefficient (Wildman–Crippen LogP) is 4.34. The zero-order valence-corrected chi connectivity index (χ0v) is 14.9. The first-order chi connectivity index (χ1) is 11.5. The van der Waals surface area contributed by atoms with Crippen molar-refractivity contribution in [3.05, 3.63) is 58.6 Å². The maximum absolute atomic E-state index is 6.29. The molecule has 0 unspecified atom stereocenters. The molecule has 2 aromatic carbocycles. The summed E-state index contributed by atoms with van der Waals surface area (Å²) in [6, 6.07) is 14.1. The molecule has 4 rings (SSSR count). The van der Waals surface area contributed by atoms with Gasteiger partial charge in [-0.2, -0.15) is 0 Å². The first kappa shape index (κ1) is 15.6. The summed E-state index contributed by atoms with van der Waals surface area (Å²) in [5, 5.41) is 0.738. The SMILES string of the molecule is C[N+]1(C)CCN(C2=Cc3ccccc3Oc3ccc(Cl)cc32)CC1. The van der Waals surface area contributed by atoms with Crippen LogP contribution in [-0.2, 0) is 0 Å². The zero-order valence-electron chi connectivity index (χ0n) is 14.1. The van der Waals surface area contributed by atoms with Crippen LogP contribution in [0, 0.1) is 0 Å². The number of piperazine rings is 1.